The number of carboxylic acids is 1. The van der Waals surface area contributed by atoms with Crippen LogP contribution in [0.1, 0.15) is 23.5 Å². The fraction of sp³-hybridized carbons (Fsp3) is 0.467. The molecule has 8 heteroatoms. The number of aromatic nitrogens is 3. The van der Waals surface area contributed by atoms with E-state index in [1.807, 2.05) is 12.3 Å². The van der Waals surface area contributed by atoms with Crippen LogP contribution in [-0.4, -0.2) is 49.7 Å². The second-order valence-electron chi connectivity index (χ2n) is 5.70. The van der Waals surface area contributed by atoms with E-state index in [0.717, 1.165) is 10.7 Å². The maximum atomic E-state index is 12.4. The number of rotatable bonds is 4. The molecular weight excluding hydrogens is 316 g/mol. The summed E-state index contributed by atoms with van der Waals surface area (Å²) < 4.78 is 1.50. The minimum absolute atomic E-state index is 0.00486. The van der Waals surface area contributed by atoms with Crippen molar-refractivity contribution in [1.29, 1.82) is 0 Å². The van der Waals surface area contributed by atoms with Gasteiger partial charge in [0.2, 0.25) is 5.91 Å². The number of amides is 1. The van der Waals surface area contributed by atoms with Crippen molar-refractivity contribution >= 4 is 23.2 Å². The van der Waals surface area contributed by atoms with Crippen molar-refractivity contribution in [2.24, 2.45) is 0 Å². The molecule has 2 aromatic heterocycles. The standard InChI is InChI=1S/C15H18N4O3S/c1-11-17-12(10-23-11)9-13(20)18-7-3-15(4-8-18,14(21)22)19-6-2-5-16-19/h2,5-6,10H,3-4,7-9H2,1H3,(H,21,22). The molecule has 23 heavy (non-hydrogen) atoms. The number of aliphatic carboxylic acids is 1. The van der Waals surface area contributed by atoms with Crippen molar-refractivity contribution in [3.8, 4) is 0 Å². The molecule has 0 saturated carbocycles. The lowest BCUT2D eigenvalue weighted by Gasteiger charge is -2.38. The molecule has 0 bridgehead atoms. The average Bonchev–Trinajstić information content (AvgIpc) is 3.19. The highest BCUT2D eigenvalue weighted by Gasteiger charge is 2.44. The molecule has 3 rings (SSSR count). The van der Waals surface area contributed by atoms with E-state index in [1.54, 1.807) is 23.4 Å². The normalized spacial score (nSPS) is 17.2. The van der Waals surface area contributed by atoms with Crippen LogP contribution in [0, 0.1) is 6.92 Å². The Morgan fingerprint density at radius 2 is 2.13 bits per heavy atom. The zero-order valence-electron chi connectivity index (χ0n) is 12.8. The van der Waals surface area contributed by atoms with Gasteiger partial charge in [-0.25, -0.2) is 9.78 Å². The van der Waals surface area contributed by atoms with Gasteiger partial charge in [-0.05, 0) is 13.0 Å². The number of carboxylic acid groups (broad SMARTS) is 1. The van der Waals surface area contributed by atoms with E-state index in [4.69, 9.17) is 0 Å². The summed E-state index contributed by atoms with van der Waals surface area (Å²) in [4.78, 5) is 30.2. The molecule has 3 heterocycles. The Morgan fingerprint density at radius 1 is 1.39 bits per heavy atom. The number of nitrogens with zero attached hydrogens (tertiary/aromatic N) is 4. The van der Waals surface area contributed by atoms with Crippen LogP contribution in [0.15, 0.2) is 23.8 Å². The second kappa shape index (κ2) is 6.11. The summed E-state index contributed by atoms with van der Waals surface area (Å²) in [6.45, 7) is 2.73. The Morgan fingerprint density at radius 3 is 2.65 bits per heavy atom. The number of hydrogen-bond donors (Lipinski definition) is 1. The summed E-state index contributed by atoms with van der Waals surface area (Å²) in [7, 11) is 0. The van der Waals surface area contributed by atoms with Crippen LogP contribution in [0.2, 0.25) is 0 Å². The Kier molecular flexibility index (Phi) is 4.16. The first-order valence-corrected chi connectivity index (χ1v) is 8.31. The maximum absolute atomic E-state index is 12.4. The van der Waals surface area contributed by atoms with Gasteiger partial charge in [-0.2, -0.15) is 5.10 Å². The minimum Gasteiger partial charge on any atom is -0.479 e. The Balaban J connectivity index is 1.67. The van der Waals surface area contributed by atoms with E-state index in [9.17, 15) is 14.7 Å². The SMILES string of the molecule is Cc1nc(CC(=O)N2CCC(C(=O)O)(n3cccn3)CC2)cs1. The minimum atomic E-state index is -1.06. The largest absolute Gasteiger partial charge is 0.479 e. The predicted octanol–water partition coefficient (Wildman–Crippen LogP) is 1.29. The van der Waals surface area contributed by atoms with Crippen LogP contribution >= 0.6 is 11.3 Å². The zero-order chi connectivity index (χ0) is 16.4. The number of hydrogen-bond acceptors (Lipinski definition) is 5. The molecule has 1 aliphatic heterocycles. The highest BCUT2D eigenvalue weighted by atomic mass is 32.1. The quantitative estimate of drug-likeness (QED) is 0.910. The highest BCUT2D eigenvalue weighted by molar-refractivity contribution is 7.09. The number of thiazole rings is 1. The van der Waals surface area contributed by atoms with Gasteiger partial charge < -0.3 is 10.0 Å². The first-order valence-electron chi connectivity index (χ1n) is 7.43. The molecule has 0 atom stereocenters. The monoisotopic (exact) mass is 334 g/mol. The summed E-state index contributed by atoms with van der Waals surface area (Å²) in [6.07, 6.45) is 4.22. The summed E-state index contributed by atoms with van der Waals surface area (Å²) in [6, 6.07) is 1.72. The number of piperidine rings is 1. The molecule has 0 unspecified atom stereocenters. The first-order chi connectivity index (χ1) is 11.0. The Labute approximate surface area is 137 Å². The van der Waals surface area contributed by atoms with E-state index in [2.05, 4.69) is 10.1 Å². The summed E-state index contributed by atoms with van der Waals surface area (Å²) in [5.41, 5.74) is -0.281. The zero-order valence-corrected chi connectivity index (χ0v) is 13.6. The van der Waals surface area contributed by atoms with Crippen molar-refractivity contribution in [3.05, 3.63) is 34.5 Å². The van der Waals surface area contributed by atoms with Crippen LogP contribution in [-0.2, 0) is 21.5 Å². The lowest BCUT2D eigenvalue weighted by atomic mass is 9.87. The van der Waals surface area contributed by atoms with Crippen molar-refractivity contribution in [2.75, 3.05) is 13.1 Å². The second-order valence-corrected chi connectivity index (χ2v) is 6.77. The fourth-order valence-electron chi connectivity index (χ4n) is 2.95. The molecule has 1 saturated heterocycles. The van der Waals surface area contributed by atoms with E-state index < -0.39 is 11.5 Å². The molecule has 0 aliphatic carbocycles. The first kappa shape index (κ1) is 15.7. The van der Waals surface area contributed by atoms with E-state index >= 15 is 0 Å². The number of carbonyl (C=O) groups is 2. The summed E-state index contributed by atoms with van der Waals surface area (Å²) in [5.74, 6) is -0.904. The molecule has 7 nitrogen and oxygen atoms in total. The van der Waals surface area contributed by atoms with Gasteiger partial charge in [-0.3, -0.25) is 9.48 Å². The number of aryl methyl sites for hydroxylation is 1. The molecule has 1 fully saturated rings. The fourth-order valence-corrected chi connectivity index (χ4v) is 3.56. The van der Waals surface area contributed by atoms with Crippen LogP contribution in [0.3, 0.4) is 0 Å². The van der Waals surface area contributed by atoms with Gasteiger partial charge in [0.05, 0.1) is 17.1 Å². The van der Waals surface area contributed by atoms with Crippen LogP contribution < -0.4 is 0 Å². The Hall–Kier alpha value is -2.22. The van der Waals surface area contributed by atoms with Gasteiger partial charge in [0.1, 0.15) is 0 Å². The third-order valence-electron chi connectivity index (χ3n) is 4.28. The Bertz CT molecular complexity index is 702. The molecule has 1 aliphatic rings. The average molecular weight is 334 g/mol. The lowest BCUT2D eigenvalue weighted by Crippen LogP contribution is -2.52. The lowest BCUT2D eigenvalue weighted by molar-refractivity contribution is -0.153. The molecule has 1 N–H and O–H groups in total. The van der Waals surface area contributed by atoms with Gasteiger partial charge in [-0.1, -0.05) is 0 Å². The van der Waals surface area contributed by atoms with E-state index in [0.29, 0.717) is 25.9 Å². The summed E-state index contributed by atoms with van der Waals surface area (Å²) >= 11 is 1.52. The molecular formula is C15H18N4O3S. The molecule has 0 aromatic carbocycles. The van der Waals surface area contributed by atoms with Crippen LogP contribution in [0.5, 0.6) is 0 Å². The number of likely N-dealkylation sites (tertiary alicyclic amines) is 1. The predicted molar refractivity (Wildman–Crippen MR) is 84.2 cm³/mol. The number of carbonyl (C=O) groups excluding carboxylic acids is 1. The van der Waals surface area contributed by atoms with Gasteiger partial charge in [0.15, 0.2) is 5.54 Å². The maximum Gasteiger partial charge on any atom is 0.331 e. The van der Waals surface area contributed by atoms with Crippen molar-refractivity contribution in [1.82, 2.24) is 19.7 Å². The van der Waals surface area contributed by atoms with Crippen molar-refractivity contribution in [2.45, 2.75) is 31.7 Å². The smallest absolute Gasteiger partial charge is 0.331 e. The van der Waals surface area contributed by atoms with Gasteiger partial charge >= 0.3 is 5.97 Å². The van der Waals surface area contributed by atoms with Crippen LogP contribution in [0.25, 0.3) is 0 Å². The molecule has 1 amide bonds. The van der Waals surface area contributed by atoms with Gasteiger partial charge in [0.25, 0.3) is 0 Å². The van der Waals surface area contributed by atoms with Gasteiger partial charge in [-0.15, -0.1) is 11.3 Å². The van der Waals surface area contributed by atoms with Gasteiger partial charge in [0, 0.05) is 43.7 Å². The molecule has 0 spiro atoms. The molecule has 122 valence electrons. The molecule has 2 aromatic rings. The van der Waals surface area contributed by atoms with Crippen LogP contribution in [0.4, 0.5) is 0 Å². The third-order valence-corrected chi connectivity index (χ3v) is 5.11. The van der Waals surface area contributed by atoms with Crippen molar-refractivity contribution in [3.63, 3.8) is 0 Å². The van der Waals surface area contributed by atoms with Crippen molar-refractivity contribution < 1.29 is 14.7 Å². The summed E-state index contributed by atoms with van der Waals surface area (Å²) in [5, 5.41) is 16.6. The molecule has 0 radical (unpaired) electrons. The van der Waals surface area contributed by atoms with E-state index in [-0.39, 0.29) is 12.3 Å². The third kappa shape index (κ3) is 2.98. The highest BCUT2D eigenvalue weighted by Crippen LogP contribution is 2.30. The van der Waals surface area contributed by atoms with E-state index in [1.165, 1.54) is 16.0 Å². The topological polar surface area (TPSA) is 88.3 Å².